The highest BCUT2D eigenvalue weighted by molar-refractivity contribution is 6.31. The van der Waals surface area contributed by atoms with Gasteiger partial charge in [-0.05, 0) is 13.8 Å². The van der Waals surface area contributed by atoms with Crippen molar-refractivity contribution in [2.24, 2.45) is 0 Å². The Morgan fingerprint density at radius 3 is 2.88 bits per heavy atom. The molecule has 0 aromatic carbocycles. The molecule has 0 amide bonds. The second kappa shape index (κ2) is 7.24. The lowest BCUT2D eigenvalue weighted by Gasteiger charge is -2.08. The van der Waals surface area contributed by atoms with Gasteiger partial charge in [0.25, 0.3) is 0 Å². The molecule has 1 aromatic rings. The summed E-state index contributed by atoms with van der Waals surface area (Å²) in [5.41, 5.74) is 0. The van der Waals surface area contributed by atoms with Crippen molar-refractivity contribution in [3.8, 4) is 5.88 Å². The van der Waals surface area contributed by atoms with Crippen LogP contribution < -0.4 is 10.1 Å². The summed E-state index contributed by atoms with van der Waals surface area (Å²) in [7, 11) is 0. The highest BCUT2D eigenvalue weighted by atomic mass is 35.5. The molecule has 16 heavy (non-hydrogen) atoms. The zero-order valence-corrected chi connectivity index (χ0v) is 10.3. The van der Waals surface area contributed by atoms with E-state index < -0.39 is 0 Å². The lowest BCUT2D eigenvalue weighted by molar-refractivity contribution is 0.108. The van der Waals surface area contributed by atoms with Crippen molar-refractivity contribution in [1.29, 1.82) is 0 Å². The van der Waals surface area contributed by atoms with Crippen molar-refractivity contribution in [1.82, 2.24) is 9.97 Å². The van der Waals surface area contributed by atoms with Gasteiger partial charge in [-0.25, -0.2) is 4.98 Å². The number of nitrogens with one attached hydrogen (secondary N) is 1. The van der Waals surface area contributed by atoms with Gasteiger partial charge in [0.15, 0.2) is 0 Å². The summed E-state index contributed by atoms with van der Waals surface area (Å²) in [5.74, 6) is 0.894. The summed E-state index contributed by atoms with van der Waals surface area (Å²) in [4.78, 5) is 8.14. The van der Waals surface area contributed by atoms with Crippen molar-refractivity contribution in [3.05, 3.63) is 11.2 Å². The SMILES string of the molecule is CCNc1ncc(Cl)c(OCCOCC)n1. The fraction of sp³-hybridized carbons (Fsp3) is 0.600. The number of aromatic nitrogens is 2. The van der Waals surface area contributed by atoms with Gasteiger partial charge in [0.2, 0.25) is 11.8 Å². The summed E-state index contributed by atoms with van der Waals surface area (Å²) >= 11 is 5.89. The average Bonchev–Trinajstić information content (AvgIpc) is 2.29. The number of anilines is 1. The highest BCUT2D eigenvalue weighted by Gasteiger charge is 2.05. The molecule has 1 N–H and O–H groups in total. The molecule has 5 nitrogen and oxygen atoms in total. The van der Waals surface area contributed by atoms with E-state index in [1.165, 1.54) is 6.20 Å². The Morgan fingerprint density at radius 1 is 1.38 bits per heavy atom. The van der Waals surface area contributed by atoms with E-state index in [0.717, 1.165) is 6.54 Å². The zero-order valence-electron chi connectivity index (χ0n) is 9.49. The molecule has 0 radical (unpaired) electrons. The third-order valence-corrected chi connectivity index (χ3v) is 1.98. The molecule has 0 saturated heterocycles. The summed E-state index contributed by atoms with van der Waals surface area (Å²) in [5, 5.41) is 3.39. The molecule has 0 aliphatic rings. The Hall–Kier alpha value is -1.07. The van der Waals surface area contributed by atoms with Crippen molar-refractivity contribution in [2.45, 2.75) is 13.8 Å². The van der Waals surface area contributed by atoms with Crippen LogP contribution in [0.15, 0.2) is 6.20 Å². The van der Waals surface area contributed by atoms with E-state index in [1.807, 2.05) is 13.8 Å². The minimum Gasteiger partial charge on any atom is -0.474 e. The quantitative estimate of drug-likeness (QED) is 0.745. The smallest absolute Gasteiger partial charge is 0.237 e. The molecule has 0 unspecified atom stereocenters. The minimum absolute atomic E-state index is 0.382. The average molecular weight is 246 g/mol. The Labute approximate surface area is 100 Å². The van der Waals surface area contributed by atoms with Crippen LogP contribution in [0.5, 0.6) is 5.88 Å². The van der Waals surface area contributed by atoms with Gasteiger partial charge < -0.3 is 14.8 Å². The third-order valence-electron chi connectivity index (χ3n) is 1.72. The standard InChI is InChI=1S/C10H16ClN3O2/c1-3-12-10-13-7-8(11)9(14-10)16-6-5-15-4-2/h7H,3-6H2,1-2H3,(H,12,13,14). The molecule has 90 valence electrons. The normalized spacial score (nSPS) is 10.2. The predicted molar refractivity (Wildman–Crippen MR) is 63.2 cm³/mol. The van der Waals surface area contributed by atoms with Gasteiger partial charge in [-0.2, -0.15) is 4.98 Å². The minimum atomic E-state index is 0.382. The van der Waals surface area contributed by atoms with Gasteiger partial charge in [-0.3, -0.25) is 0 Å². The maximum Gasteiger partial charge on any atom is 0.237 e. The molecule has 0 atom stereocenters. The molecular weight excluding hydrogens is 230 g/mol. The first-order chi connectivity index (χ1) is 7.77. The van der Waals surface area contributed by atoms with E-state index >= 15 is 0 Å². The summed E-state index contributed by atoms with van der Waals surface area (Å²) in [6.07, 6.45) is 1.52. The van der Waals surface area contributed by atoms with E-state index in [0.29, 0.717) is 36.7 Å². The number of nitrogens with zero attached hydrogens (tertiary/aromatic N) is 2. The van der Waals surface area contributed by atoms with Crippen LogP contribution in [-0.4, -0.2) is 36.3 Å². The molecule has 0 fully saturated rings. The van der Waals surface area contributed by atoms with Crippen molar-refractivity contribution < 1.29 is 9.47 Å². The van der Waals surface area contributed by atoms with Crippen LogP contribution in [0.2, 0.25) is 5.02 Å². The van der Waals surface area contributed by atoms with E-state index in [9.17, 15) is 0 Å². The second-order valence-electron chi connectivity index (χ2n) is 2.92. The van der Waals surface area contributed by atoms with Crippen LogP contribution in [0.25, 0.3) is 0 Å². The number of ether oxygens (including phenoxy) is 2. The summed E-state index contributed by atoms with van der Waals surface area (Å²) < 4.78 is 10.5. The lowest BCUT2D eigenvalue weighted by Crippen LogP contribution is -2.09. The predicted octanol–water partition coefficient (Wildman–Crippen LogP) is 1.98. The summed E-state index contributed by atoms with van der Waals surface area (Å²) in [6, 6.07) is 0. The maximum atomic E-state index is 5.89. The molecular formula is C10H16ClN3O2. The first-order valence-electron chi connectivity index (χ1n) is 5.24. The van der Waals surface area contributed by atoms with Crippen molar-refractivity contribution >= 4 is 17.5 Å². The van der Waals surface area contributed by atoms with E-state index in [4.69, 9.17) is 21.1 Å². The first kappa shape index (κ1) is 13.0. The number of rotatable bonds is 7. The molecule has 6 heteroatoms. The van der Waals surface area contributed by atoms with Gasteiger partial charge in [0.05, 0.1) is 12.8 Å². The first-order valence-corrected chi connectivity index (χ1v) is 5.62. The molecule has 0 aliphatic carbocycles. The zero-order chi connectivity index (χ0) is 11.8. The van der Waals surface area contributed by atoms with E-state index in [1.54, 1.807) is 0 Å². The number of halogens is 1. The number of hydrogen-bond acceptors (Lipinski definition) is 5. The Morgan fingerprint density at radius 2 is 2.19 bits per heavy atom. The second-order valence-corrected chi connectivity index (χ2v) is 3.33. The largest absolute Gasteiger partial charge is 0.474 e. The number of hydrogen-bond donors (Lipinski definition) is 1. The fourth-order valence-corrected chi connectivity index (χ4v) is 1.18. The molecule has 1 rings (SSSR count). The lowest BCUT2D eigenvalue weighted by atomic mass is 10.6. The molecule has 0 bridgehead atoms. The van der Waals surface area contributed by atoms with Crippen LogP contribution in [0.1, 0.15) is 13.8 Å². The van der Waals surface area contributed by atoms with Gasteiger partial charge in [-0.15, -0.1) is 0 Å². The molecule has 1 heterocycles. The molecule has 0 aliphatic heterocycles. The highest BCUT2D eigenvalue weighted by Crippen LogP contribution is 2.21. The Kier molecular flexibility index (Phi) is 5.88. The van der Waals surface area contributed by atoms with Gasteiger partial charge in [0.1, 0.15) is 11.6 Å². The van der Waals surface area contributed by atoms with Crippen LogP contribution >= 0.6 is 11.6 Å². The fourth-order valence-electron chi connectivity index (χ4n) is 1.04. The van der Waals surface area contributed by atoms with Crippen LogP contribution in [-0.2, 0) is 4.74 Å². The maximum absolute atomic E-state index is 5.89. The van der Waals surface area contributed by atoms with Gasteiger partial charge in [0, 0.05) is 13.2 Å². The van der Waals surface area contributed by atoms with E-state index in [-0.39, 0.29) is 0 Å². The Balaban J connectivity index is 2.52. The molecule has 0 spiro atoms. The van der Waals surface area contributed by atoms with Crippen molar-refractivity contribution in [2.75, 3.05) is 31.7 Å². The van der Waals surface area contributed by atoms with Crippen LogP contribution in [0.4, 0.5) is 5.95 Å². The topological polar surface area (TPSA) is 56.3 Å². The summed E-state index contributed by atoms with van der Waals surface area (Å²) in [6.45, 7) is 6.27. The van der Waals surface area contributed by atoms with Crippen molar-refractivity contribution in [3.63, 3.8) is 0 Å². The van der Waals surface area contributed by atoms with Crippen LogP contribution in [0.3, 0.4) is 0 Å². The van der Waals surface area contributed by atoms with Crippen LogP contribution in [0, 0.1) is 0 Å². The molecule has 0 saturated carbocycles. The monoisotopic (exact) mass is 245 g/mol. The van der Waals surface area contributed by atoms with Gasteiger partial charge >= 0.3 is 0 Å². The third kappa shape index (κ3) is 4.20. The Bertz CT molecular complexity index is 323. The van der Waals surface area contributed by atoms with E-state index in [2.05, 4.69) is 15.3 Å². The molecule has 1 aromatic heterocycles. The van der Waals surface area contributed by atoms with Gasteiger partial charge in [-0.1, -0.05) is 11.6 Å².